The number of nitrogens with zero attached hydrogens (tertiary/aromatic N) is 1. The van der Waals surface area contributed by atoms with E-state index >= 15 is 0 Å². The monoisotopic (exact) mass is 466 g/mol. The van der Waals surface area contributed by atoms with E-state index in [0.29, 0.717) is 23.7 Å². The summed E-state index contributed by atoms with van der Waals surface area (Å²) in [6.07, 6.45) is 8.73. The molecule has 4 fully saturated rings. The van der Waals surface area contributed by atoms with Crippen LogP contribution in [0.3, 0.4) is 0 Å². The van der Waals surface area contributed by atoms with Gasteiger partial charge >= 0.3 is 0 Å². The summed E-state index contributed by atoms with van der Waals surface area (Å²) < 4.78 is 14.3. The van der Waals surface area contributed by atoms with Gasteiger partial charge < -0.3 is 10.4 Å². The highest BCUT2D eigenvalue weighted by Gasteiger charge is 2.60. The Hall–Kier alpha value is -1.93. The number of hydrogen-bond acceptors (Lipinski definition) is 4. The first-order chi connectivity index (χ1) is 16.1. The van der Waals surface area contributed by atoms with Gasteiger partial charge in [0.1, 0.15) is 5.82 Å². The third-order valence-corrected chi connectivity index (χ3v) is 10.5. The molecule has 4 aliphatic rings. The average molecular weight is 467 g/mol. The molecule has 0 amide bonds. The van der Waals surface area contributed by atoms with Crippen LogP contribution in [0.2, 0.25) is 0 Å². The minimum Gasteiger partial charge on any atom is -0.390 e. The van der Waals surface area contributed by atoms with Crippen molar-refractivity contribution in [1.82, 2.24) is 0 Å². The van der Waals surface area contributed by atoms with Gasteiger partial charge in [-0.25, -0.2) is 4.39 Å². The van der Waals surface area contributed by atoms with Crippen molar-refractivity contribution in [3.63, 3.8) is 0 Å². The molecule has 34 heavy (non-hydrogen) atoms. The van der Waals surface area contributed by atoms with Crippen LogP contribution in [0.25, 0.3) is 0 Å². The first-order valence-corrected chi connectivity index (χ1v) is 13.3. The second-order valence-electron chi connectivity index (χ2n) is 12.5. The van der Waals surface area contributed by atoms with Crippen LogP contribution in [0.1, 0.15) is 77.7 Å². The molecule has 0 heterocycles. The van der Waals surface area contributed by atoms with Crippen LogP contribution in [-0.4, -0.2) is 23.0 Å². The molecule has 5 rings (SSSR count). The Morgan fingerprint density at radius 3 is 2.68 bits per heavy atom. The molecule has 0 bridgehead atoms. The summed E-state index contributed by atoms with van der Waals surface area (Å²) in [5, 5.41) is 22.6. The summed E-state index contributed by atoms with van der Waals surface area (Å²) in [4.78, 5) is 13.5. The van der Waals surface area contributed by atoms with E-state index < -0.39 is 11.4 Å². The van der Waals surface area contributed by atoms with E-state index in [1.807, 2.05) is 13.0 Å². The molecule has 2 N–H and O–H groups in total. The van der Waals surface area contributed by atoms with E-state index in [9.17, 15) is 14.3 Å². The standard InChI is InChI=1S/C29H39FN2O2/c1-17-12-23(26(33)16-32-25-7-4-18(15-31)13-24(25)30)29(3)11-9-21-20-8-10-28(2,34)14-19(20)5-6-22(21)27(17)29/h4,7,13,17,19-23,27,32,34H,5-6,8-12,14,16H2,1-3H3/t17-,19-,20+,21-,22-,23-,27+,28-,29-/m1/s1. The predicted molar refractivity (Wildman–Crippen MR) is 130 cm³/mol. The molecule has 0 saturated heterocycles. The maximum atomic E-state index is 14.3. The number of ketones is 1. The number of aliphatic hydroxyl groups is 1. The van der Waals surface area contributed by atoms with Crippen LogP contribution in [0.4, 0.5) is 10.1 Å². The molecule has 0 aromatic heterocycles. The van der Waals surface area contributed by atoms with Crippen LogP contribution >= 0.6 is 0 Å². The number of rotatable bonds is 4. The molecule has 9 atom stereocenters. The molecule has 1 aromatic carbocycles. The molecule has 4 aliphatic carbocycles. The van der Waals surface area contributed by atoms with Crippen molar-refractivity contribution in [1.29, 1.82) is 5.26 Å². The first kappa shape index (κ1) is 23.8. The van der Waals surface area contributed by atoms with Gasteiger partial charge in [-0.05, 0) is 117 Å². The van der Waals surface area contributed by atoms with Crippen LogP contribution in [0.5, 0.6) is 0 Å². The minimum absolute atomic E-state index is 0.0206. The first-order valence-electron chi connectivity index (χ1n) is 13.3. The number of nitrogens with one attached hydrogen (secondary N) is 1. The molecule has 1 aromatic rings. The highest BCUT2D eigenvalue weighted by Crippen LogP contribution is 2.66. The SMILES string of the molecule is C[C@@H]1C[C@H](C(=O)CNc2ccc(C#N)cc2F)[C@@]2(C)CC[C@H]3[C@@H](CC[C@@H]4C[C@](C)(O)CC[C@@H]43)[C@H]12. The Morgan fingerprint density at radius 2 is 1.94 bits per heavy atom. The Balaban J connectivity index is 1.29. The van der Waals surface area contributed by atoms with Crippen LogP contribution < -0.4 is 5.32 Å². The highest BCUT2D eigenvalue weighted by atomic mass is 19.1. The zero-order valence-corrected chi connectivity index (χ0v) is 20.8. The molecule has 184 valence electrons. The van der Waals surface area contributed by atoms with Crippen molar-refractivity contribution >= 4 is 11.5 Å². The van der Waals surface area contributed by atoms with Crippen LogP contribution in [0, 0.1) is 64.0 Å². The van der Waals surface area contributed by atoms with Crippen molar-refractivity contribution < 1.29 is 14.3 Å². The van der Waals surface area contributed by atoms with Crippen molar-refractivity contribution in [3.05, 3.63) is 29.6 Å². The summed E-state index contributed by atoms with van der Waals surface area (Å²) in [5.74, 6) is 3.68. The fourth-order valence-electron chi connectivity index (χ4n) is 9.16. The number of benzene rings is 1. The van der Waals surface area contributed by atoms with E-state index in [0.717, 1.165) is 43.9 Å². The minimum atomic E-state index is -0.489. The number of halogens is 1. The molecule has 0 unspecified atom stereocenters. The number of nitriles is 1. The lowest BCUT2D eigenvalue weighted by molar-refractivity contribution is -0.131. The molecule has 4 saturated carbocycles. The normalized spacial score (nSPS) is 43.2. The lowest BCUT2D eigenvalue weighted by Gasteiger charge is -2.57. The molecule has 4 nitrogen and oxygen atoms in total. The van der Waals surface area contributed by atoms with Crippen molar-refractivity contribution in [3.8, 4) is 6.07 Å². The number of carbonyl (C=O) groups excluding carboxylic acids is 1. The largest absolute Gasteiger partial charge is 0.390 e. The number of anilines is 1. The summed E-state index contributed by atoms with van der Waals surface area (Å²) in [6.45, 7) is 6.86. The molecule has 5 heteroatoms. The van der Waals surface area contributed by atoms with Gasteiger partial charge in [0.15, 0.2) is 5.78 Å². The molecular weight excluding hydrogens is 427 g/mol. The number of hydrogen-bond donors (Lipinski definition) is 2. The fourth-order valence-corrected chi connectivity index (χ4v) is 9.16. The van der Waals surface area contributed by atoms with Gasteiger partial charge in [-0.1, -0.05) is 13.8 Å². The molecular formula is C29H39FN2O2. The molecule has 0 radical (unpaired) electrons. The maximum Gasteiger partial charge on any atom is 0.155 e. The lowest BCUT2D eigenvalue weighted by Crippen LogP contribution is -2.52. The summed E-state index contributed by atoms with van der Waals surface area (Å²) in [7, 11) is 0. The zero-order chi connectivity index (χ0) is 24.3. The van der Waals surface area contributed by atoms with Gasteiger partial charge in [0.2, 0.25) is 0 Å². The molecule has 0 spiro atoms. The predicted octanol–water partition coefficient (Wildman–Crippen LogP) is 5.94. The Bertz CT molecular complexity index is 1000. The van der Waals surface area contributed by atoms with E-state index in [4.69, 9.17) is 5.26 Å². The summed E-state index contributed by atoms with van der Waals surface area (Å²) in [6, 6.07) is 6.28. The number of fused-ring (bicyclic) bond motifs is 5. The summed E-state index contributed by atoms with van der Waals surface area (Å²) in [5.41, 5.74) is 0.101. The summed E-state index contributed by atoms with van der Waals surface area (Å²) >= 11 is 0. The third kappa shape index (κ3) is 3.96. The molecule has 0 aliphatic heterocycles. The van der Waals surface area contributed by atoms with Crippen molar-refractivity contribution in [2.24, 2.45) is 46.8 Å². The average Bonchev–Trinajstić information content (AvgIpc) is 3.07. The van der Waals surface area contributed by atoms with Gasteiger partial charge in [-0.3, -0.25) is 4.79 Å². The van der Waals surface area contributed by atoms with Crippen molar-refractivity contribution in [2.75, 3.05) is 11.9 Å². The topological polar surface area (TPSA) is 73.1 Å². The van der Waals surface area contributed by atoms with Gasteiger partial charge in [-0.15, -0.1) is 0 Å². The van der Waals surface area contributed by atoms with Gasteiger partial charge in [0.25, 0.3) is 0 Å². The lowest BCUT2D eigenvalue weighted by atomic mass is 9.48. The Kier molecular flexibility index (Phi) is 6.04. The van der Waals surface area contributed by atoms with E-state index in [2.05, 4.69) is 19.2 Å². The van der Waals surface area contributed by atoms with Crippen LogP contribution in [0.15, 0.2) is 18.2 Å². The Labute approximate surface area is 203 Å². The third-order valence-electron chi connectivity index (χ3n) is 10.5. The van der Waals surface area contributed by atoms with Crippen molar-refractivity contribution in [2.45, 2.75) is 77.7 Å². The number of carbonyl (C=O) groups is 1. The fraction of sp³-hybridized carbons (Fsp3) is 0.724. The smallest absolute Gasteiger partial charge is 0.155 e. The van der Waals surface area contributed by atoms with Gasteiger partial charge in [0.05, 0.1) is 29.5 Å². The zero-order valence-electron chi connectivity index (χ0n) is 20.8. The van der Waals surface area contributed by atoms with Gasteiger partial charge in [0, 0.05) is 5.92 Å². The van der Waals surface area contributed by atoms with E-state index in [-0.39, 0.29) is 34.9 Å². The highest BCUT2D eigenvalue weighted by molar-refractivity contribution is 5.86. The second kappa shape index (κ2) is 8.63. The number of Topliss-reactive ketones (excluding diaryl/α,β-unsaturated/α-hetero) is 1. The quantitative estimate of drug-likeness (QED) is 0.576. The Morgan fingerprint density at radius 1 is 1.18 bits per heavy atom. The van der Waals surface area contributed by atoms with E-state index in [1.165, 1.54) is 25.3 Å². The van der Waals surface area contributed by atoms with Crippen LogP contribution in [-0.2, 0) is 4.79 Å². The second-order valence-corrected chi connectivity index (χ2v) is 12.5. The van der Waals surface area contributed by atoms with Gasteiger partial charge in [-0.2, -0.15) is 5.26 Å². The van der Waals surface area contributed by atoms with E-state index in [1.54, 1.807) is 12.1 Å². The maximum absolute atomic E-state index is 14.3.